The van der Waals surface area contributed by atoms with E-state index in [0.29, 0.717) is 16.3 Å². The van der Waals surface area contributed by atoms with Gasteiger partial charge in [0.25, 0.3) is 11.7 Å². The van der Waals surface area contributed by atoms with Crippen LogP contribution in [-0.2, 0) is 9.59 Å². The second-order valence-electron chi connectivity index (χ2n) is 7.71. The molecule has 1 aliphatic rings. The molecule has 2 aromatic rings. The van der Waals surface area contributed by atoms with Crippen molar-refractivity contribution in [3.8, 4) is 23.3 Å². The van der Waals surface area contributed by atoms with Crippen molar-refractivity contribution in [2.24, 2.45) is 0 Å². The number of carbonyl (C=O) groups excluding carboxylic acids is 2. The van der Waals surface area contributed by atoms with Crippen molar-refractivity contribution in [1.29, 1.82) is 0 Å². The maximum Gasteiger partial charge on any atom is 0.322 e. The van der Waals surface area contributed by atoms with E-state index in [4.69, 9.17) is 21.4 Å². The van der Waals surface area contributed by atoms with E-state index in [1.807, 2.05) is 5.32 Å². The van der Waals surface area contributed by atoms with Gasteiger partial charge in [-0.3, -0.25) is 14.4 Å². The normalized spacial score (nSPS) is 14.8. The topological polar surface area (TPSA) is 126 Å². The summed E-state index contributed by atoms with van der Waals surface area (Å²) in [5.74, 6) is 2.70. The average Bonchev–Trinajstić information content (AvgIpc) is 3.03. The van der Waals surface area contributed by atoms with E-state index >= 15 is 0 Å². The smallest absolute Gasteiger partial charge is 0.322 e. The van der Waals surface area contributed by atoms with Crippen molar-refractivity contribution in [1.82, 2.24) is 10.3 Å². The molecule has 1 amide bonds. The summed E-state index contributed by atoms with van der Waals surface area (Å²) >= 11 is 5.97. The van der Waals surface area contributed by atoms with Gasteiger partial charge in [-0.15, -0.1) is 0 Å². The standard InChI is InChI=1S/C24H23ClN2O6/c25-17-5-7-18(8-6-17)33-24(10-3-1-2-4-11-24)12-9-16-13-19(28)21(26-14-16)22(31)23(32)27-15-20(29)30/h5-8,13-14,28H,1-4,10-11,15H2,(H,27,32)(H,29,30). The second kappa shape index (κ2) is 10.8. The number of nitrogens with zero attached hydrogens (tertiary/aromatic N) is 1. The third-order valence-corrected chi connectivity index (χ3v) is 5.41. The molecule has 0 saturated heterocycles. The van der Waals surface area contributed by atoms with Gasteiger partial charge in [0, 0.05) is 16.8 Å². The second-order valence-corrected chi connectivity index (χ2v) is 8.15. The van der Waals surface area contributed by atoms with Gasteiger partial charge in [-0.05, 0) is 61.9 Å². The number of halogens is 1. The molecule has 0 radical (unpaired) electrons. The number of carbonyl (C=O) groups is 3. The van der Waals surface area contributed by atoms with Gasteiger partial charge in [0.1, 0.15) is 18.0 Å². The fourth-order valence-electron chi connectivity index (χ4n) is 3.51. The molecule has 1 saturated carbocycles. The molecule has 33 heavy (non-hydrogen) atoms. The zero-order valence-electron chi connectivity index (χ0n) is 17.8. The van der Waals surface area contributed by atoms with E-state index in [1.165, 1.54) is 12.3 Å². The minimum absolute atomic E-state index is 0.346. The molecule has 1 aromatic carbocycles. The Morgan fingerprint density at radius 2 is 1.79 bits per heavy atom. The van der Waals surface area contributed by atoms with Crippen LogP contribution in [0.5, 0.6) is 11.5 Å². The summed E-state index contributed by atoms with van der Waals surface area (Å²) in [4.78, 5) is 38.3. The van der Waals surface area contributed by atoms with Crippen molar-refractivity contribution < 1.29 is 29.3 Å². The minimum Gasteiger partial charge on any atom is -0.505 e. The summed E-state index contributed by atoms with van der Waals surface area (Å²) < 4.78 is 6.30. The fraction of sp³-hybridized carbons (Fsp3) is 0.333. The van der Waals surface area contributed by atoms with Gasteiger partial charge in [-0.25, -0.2) is 4.98 Å². The monoisotopic (exact) mass is 470 g/mol. The summed E-state index contributed by atoms with van der Waals surface area (Å²) in [6.45, 7) is -0.718. The zero-order chi connectivity index (χ0) is 23.8. The number of hydrogen-bond donors (Lipinski definition) is 3. The van der Waals surface area contributed by atoms with E-state index in [2.05, 4.69) is 16.8 Å². The molecule has 0 spiro atoms. The van der Waals surface area contributed by atoms with Crippen LogP contribution in [0.3, 0.4) is 0 Å². The van der Waals surface area contributed by atoms with Gasteiger partial charge in [-0.2, -0.15) is 0 Å². The predicted molar refractivity (Wildman–Crippen MR) is 120 cm³/mol. The number of hydrogen-bond acceptors (Lipinski definition) is 6. The number of nitrogens with one attached hydrogen (secondary N) is 1. The van der Waals surface area contributed by atoms with Gasteiger partial charge < -0.3 is 20.3 Å². The maximum absolute atomic E-state index is 12.1. The molecule has 1 aromatic heterocycles. The van der Waals surface area contributed by atoms with E-state index in [1.54, 1.807) is 24.3 Å². The third-order valence-electron chi connectivity index (χ3n) is 5.16. The van der Waals surface area contributed by atoms with Crippen LogP contribution in [0.2, 0.25) is 5.02 Å². The molecule has 3 N–H and O–H groups in total. The lowest BCUT2D eigenvalue weighted by Gasteiger charge is -2.28. The number of benzene rings is 1. The lowest BCUT2D eigenvalue weighted by molar-refractivity contribution is -0.137. The van der Waals surface area contributed by atoms with Crippen LogP contribution in [0, 0.1) is 11.8 Å². The van der Waals surface area contributed by atoms with Gasteiger partial charge in [-0.1, -0.05) is 30.4 Å². The Kier molecular flexibility index (Phi) is 7.91. The van der Waals surface area contributed by atoms with Gasteiger partial charge in [0.15, 0.2) is 11.3 Å². The van der Waals surface area contributed by atoms with E-state index in [0.717, 1.165) is 38.5 Å². The van der Waals surface area contributed by atoms with Crippen LogP contribution in [0.1, 0.15) is 54.6 Å². The molecule has 1 fully saturated rings. The van der Waals surface area contributed by atoms with Crippen molar-refractivity contribution in [3.05, 3.63) is 52.8 Å². The van der Waals surface area contributed by atoms with Gasteiger partial charge in [0.2, 0.25) is 0 Å². The molecule has 1 heterocycles. The number of ether oxygens (including phenoxy) is 1. The van der Waals surface area contributed by atoms with E-state index < -0.39 is 41.2 Å². The molecule has 1 aliphatic carbocycles. The van der Waals surface area contributed by atoms with Crippen LogP contribution >= 0.6 is 11.6 Å². The first kappa shape index (κ1) is 24.1. The number of ketones is 1. The maximum atomic E-state index is 12.1. The SMILES string of the molecule is O=C(O)CNC(=O)C(=O)c1ncc(C#CC2(Oc3ccc(Cl)cc3)CCCCCC2)cc1O. The zero-order valence-corrected chi connectivity index (χ0v) is 18.5. The van der Waals surface area contributed by atoms with Crippen molar-refractivity contribution in [2.75, 3.05) is 6.54 Å². The summed E-state index contributed by atoms with van der Waals surface area (Å²) in [5, 5.41) is 21.3. The number of carboxylic acids is 1. The molecular weight excluding hydrogens is 448 g/mol. The number of Topliss-reactive ketones (excluding diaryl/α,β-unsaturated/α-hetero) is 1. The summed E-state index contributed by atoms with van der Waals surface area (Å²) in [5.41, 5.74) is -0.853. The van der Waals surface area contributed by atoms with E-state index in [-0.39, 0.29) is 0 Å². The first-order valence-electron chi connectivity index (χ1n) is 10.5. The van der Waals surface area contributed by atoms with Crippen LogP contribution in [0.25, 0.3) is 0 Å². The number of aromatic nitrogens is 1. The third kappa shape index (κ3) is 6.70. The number of aromatic hydroxyl groups is 1. The first-order valence-corrected chi connectivity index (χ1v) is 10.9. The Balaban J connectivity index is 1.82. The molecule has 9 heteroatoms. The number of rotatable bonds is 6. The number of carboxylic acid groups (broad SMARTS) is 1. The Hall–Kier alpha value is -3.57. The molecule has 0 aliphatic heterocycles. The van der Waals surface area contributed by atoms with Crippen LogP contribution in [0.15, 0.2) is 36.5 Å². The highest BCUT2D eigenvalue weighted by atomic mass is 35.5. The summed E-state index contributed by atoms with van der Waals surface area (Å²) in [6, 6.07) is 8.32. The fourth-order valence-corrected chi connectivity index (χ4v) is 3.63. The quantitative estimate of drug-likeness (QED) is 0.256. The average molecular weight is 471 g/mol. The van der Waals surface area contributed by atoms with Gasteiger partial charge in [0.05, 0.1) is 0 Å². The highest BCUT2D eigenvalue weighted by molar-refractivity contribution is 6.43. The molecule has 8 nitrogen and oxygen atoms in total. The van der Waals surface area contributed by atoms with Crippen LogP contribution in [0.4, 0.5) is 0 Å². The highest BCUT2D eigenvalue weighted by Crippen LogP contribution is 2.32. The Morgan fingerprint density at radius 3 is 2.39 bits per heavy atom. The number of pyridine rings is 1. The van der Waals surface area contributed by atoms with Crippen LogP contribution in [-0.4, -0.2) is 45.0 Å². The lowest BCUT2D eigenvalue weighted by Crippen LogP contribution is -2.35. The molecule has 172 valence electrons. The summed E-state index contributed by atoms with van der Waals surface area (Å²) in [6.07, 6.45) is 6.87. The lowest BCUT2D eigenvalue weighted by atomic mass is 9.94. The van der Waals surface area contributed by atoms with Crippen molar-refractivity contribution >= 4 is 29.3 Å². The molecule has 0 bridgehead atoms. The predicted octanol–water partition coefficient (Wildman–Crippen LogP) is 3.35. The van der Waals surface area contributed by atoms with Crippen LogP contribution < -0.4 is 10.1 Å². The summed E-state index contributed by atoms with van der Waals surface area (Å²) in [7, 11) is 0. The Labute approximate surface area is 195 Å². The Bertz CT molecular complexity index is 1100. The molecule has 0 atom stereocenters. The van der Waals surface area contributed by atoms with E-state index in [9.17, 15) is 19.5 Å². The molecule has 0 unspecified atom stereocenters. The van der Waals surface area contributed by atoms with Crippen molar-refractivity contribution in [3.63, 3.8) is 0 Å². The molecular formula is C24H23ClN2O6. The first-order chi connectivity index (χ1) is 15.8. The minimum atomic E-state index is -1.30. The van der Waals surface area contributed by atoms with Gasteiger partial charge >= 0.3 is 5.97 Å². The largest absolute Gasteiger partial charge is 0.505 e. The van der Waals surface area contributed by atoms with Crippen molar-refractivity contribution in [2.45, 2.75) is 44.1 Å². The number of amides is 1. The number of aliphatic carboxylic acids is 1. The highest BCUT2D eigenvalue weighted by Gasteiger charge is 2.31. The Morgan fingerprint density at radius 1 is 1.12 bits per heavy atom. The molecule has 3 rings (SSSR count).